The minimum Gasteiger partial charge on any atom is -0.326 e. The molecule has 1 saturated carbocycles. The third kappa shape index (κ3) is 3.91. The Morgan fingerprint density at radius 2 is 1.94 bits per heavy atom. The fourth-order valence-corrected chi connectivity index (χ4v) is 4.76. The molecule has 0 spiro atoms. The van der Waals surface area contributed by atoms with Crippen molar-refractivity contribution in [3.05, 3.63) is 40.8 Å². The third-order valence-corrected chi connectivity index (χ3v) is 6.60. The second-order valence-corrected chi connectivity index (χ2v) is 8.88. The Labute approximate surface area is 179 Å². The molecule has 2 amide bonds. The van der Waals surface area contributed by atoms with Crippen LogP contribution in [0.2, 0.25) is 0 Å². The van der Waals surface area contributed by atoms with Crippen LogP contribution in [-0.4, -0.2) is 44.9 Å². The molecule has 0 aromatic carbocycles. The number of nitrogens with one attached hydrogen (secondary N) is 1. The van der Waals surface area contributed by atoms with Crippen molar-refractivity contribution in [3.63, 3.8) is 0 Å². The fourth-order valence-electron chi connectivity index (χ4n) is 3.89. The lowest BCUT2D eigenvalue weighted by Crippen LogP contribution is -2.44. The van der Waals surface area contributed by atoms with E-state index in [2.05, 4.69) is 10.3 Å². The Morgan fingerprint density at radius 1 is 1.13 bits per heavy atom. The molecular formula is C21H19F3N4O2S. The van der Waals surface area contributed by atoms with Gasteiger partial charge in [-0.1, -0.05) is 0 Å². The maximum Gasteiger partial charge on any atom is 0.408 e. The Hall–Kier alpha value is -2.88. The summed E-state index contributed by atoms with van der Waals surface area (Å²) in [6, 6.07) is 3.55. The average molecular weight is 448 g/mol. The number of aromatic nitrogens is 2. The first-order valence-electron chi connectivity index (χ1n) is 10.1. The Kier molecular flexibility index (Phi) is 4.76. The van der Waals surface area contributed by atoms with Crippen molar-refractivity contribution < 1.29 is 22.8 Å². The van der Waals surface area contributed by atoms with E-state index in [0.717, 1.165) is 40.2 Å². The van der Waals surface area contributed by atoms with Crippen molar-refractivity contribution in [1.29, 1.82) is 0 Å². The standard InChI is InChI=1S/C21H19F3N4O2S/c22-21(23,24)16-2-1-7-28(16)20(30)15-8-14(11-31-15)13-5-6-18-25-17(10-27(18)9-13)26-19(29)12-3-4-12/h5-6,8-12,16H,1-4,7H2,(H,26,29)/t16-/m0/s1. The van der Waals surface area contributed by atoms with E-state index in [9.17, 15) is 22.8 Å². The number of rotatable bonds is 4. The molecule has 162 valence electrons. The number of carbonyl (C=O) groups is 2. The molecule has 1 atom stereocenters. The van der Waals surface area contributed by atoms with Gasteiger partial charge in [-0.3, -0.25) is 9.59 Å². The van der Waals surface area contributed by atoms with Crippen molar-refractivity contribution >= 4 is 34.6 Å². The SMILES string of the molecule is O=C(Nc1cn2cc(-c3csc(C(=O)N4CCC[C@H]4C(F)(F)F)c3)ccc2n1)C1CC1. The molecular weight excluding hydrogens is 429 g/mol. The molecule has 0 unspecified atom stereocenters. The molecule has 5 rings (SSSR count). The Balaban J connectivity index is 1.36. The summed E-state index contributed by atoms with van der Waals surface area (Å²) in [4.78, 5) is 30.2. The number of amides is 2. The molecule has 2 fully saturated rings. The Morgan fingerprint density at radius 3 is 2.68 bits per heavy atom. The predicted octanol–water partition coefficient (Wildman–Crippen LogP) is 4.58. The minimum atomic E-state index is -4.41. The van der Waals surface area contributed by atoms with Crippen LogP contribution in [0.1, 0.15) is 35.4 Å². The van der Waals surface area contributed by atoms with E-state index in [-0.39, 0.29) is 29.7 Å². The van der Waals surface area contributed by atoms with E-state index < -0.39 is 18.1 Å². The van der Waals surface area contributed by atoms with E-state index >= 15 is 0 Å². The van der Waals surface area contributed by atoms with Crippen molar-refractivity contribution in [2.75, 3.05) is 11.9 Å². The summed E-state index contributed by atoms with van der Waals surface area (Å²) in [6.45, 7) is 0.118. The summed E-state index contributed by atoms with van der Waals surface area (Å²) in [7, 11) is 0. The van der Waals surface area contributed by atoms with Gasteiger partial charge in [0.1, 0.15) is 11.7 Å². The van der Waals surface area contributed by atoms with Crippen LogP contribution >= 0.6 is 11.3 Å². The highest BCUT2D eigenvalue weighted by Gasteiger charge is 2.48. The molecule has 4 heterocycles. The summed E-state index contributed by atoms with van der Waals surface area (Å²) in [5.41, 5.74) is 2.20. The maximum absolute atomic E-state index is 13.2. The van der Waals surface area contributed by atoms with Gasteiger partial charge in [0, 0.05) is 18.7 Å². The topological polar surface area (TPSA) is 66.7 Å². The van der Waals surface area contributed by atoms with Crippen LogP contribution in [0.3, 0.4) is 0 Å². The minimum absolute atomic E-state index is 0.0244. The molecule has 1 saturated heterocycles. The lowest BCUT2D eigenvalue weighted by molar-refractivity contribution is -0.169. The van der Waals surface area contributed by atoms with Gasteiger partial charge < -0.3 is 14.6 Å². The third-order valence-electron chi connectivity index (χ3n) is 5.69. The van der Waals surface area contributed by atoms with Gasteiger partial charge in [0.15, 0.2) is 5.82 Å². The zero-order valence-corrected chi connectivity index (χ0v) is 17.2. The number of pyridine rings is 1. The average Bonchev–Trinajstić information content (AvgIpc) is 3.13. The number of hydrogen-bond acceptors (Lipinski definition) is 4. The number of hydrogen-bond donors (Lipinski definition) is 1. The number of imidazole rings is 1. The molecule has 3 aromatic rings. The van der Waals surface area contributed by atoms with E-state index in [1.807, 2.05) is 12.3 Å². The van der Waals surface area contributed by atoms with Gasteiger partial charge in [0.05, 0.1) is 11.1 Å². The largest absolute Gasteiger partial charge is 0.408 e. The van der Waals surface area contributed by atoms with Gasteiger partial charge in [-0.05, 0) is 60.4 Å². The molecule has 31 heavy (non-hydrogen) atoms. The number of carbonyl (C=O) groups excluding carboxylic acids is 2. The first-order valence-corrected chi connectivity index (χ1v) is 10.9. The fraction of sp³-hybridized carbons (Fsp3) is 0.381. The van der Waals surface area contributed by atoms with Gasteiger partial charge in [-0.15, -0.1) is 11.3 Å². The van der Waals surface area contributed by atoms with E-state index in [1.165, 1.54) is 0 Å². The van der Waals surface area contributed by atoms with Gasteiger partial charge in [0.2, 0.25) is 5.91 Å². The number of alkyl halides is 3. The number of thiophene rings is 1. The maximum atomic E-state index is 13.2. The summed E-state index contributed by atoms with van der Waals surface area (Å²) < 4.78 is 41.4. The molecule has 6 nitrogen and oxygen atoms in total. The lowest BCUT2D eigenvalue weighted by atomic mass is 10.1. The highest BCUT2D eigenvalue weighted by atomic mass is 32.1. The summed E-state index contributed by atoms with van der Waals surface area (Å²) in [5, 5.41) is 4.57. The summed E-state index contributed by atoms with van der Waals surface area (Å²) in [5.74, 6) is -0.0503. The van der Waals surface area contributed by atoms with Crippen LogP contribution in [0.25, 0.3) is 16.8 Å². The van der Waals surface area contributed by atoms with Crippen LogP contribution in [0, 0.1) is 5.92 Å². The second-order valence-electron chi connectivity index (χ2n) is 7.97. The first kappa shape index (κ1) is 20.0. The molecule has 1 aliphatic carbocycles. The molecule has 10 heteroatoms. The van der Waals surface area contributed by atoms with Crippen LogP contribution in [0.4, 0.5) is 19.0 Å². The van der Waals surface area contributed by atoms with Crippen molar-refractivity contribution in [3.8, 4) is 11.1 Å². The van der Waals surface area contributed by atoms with Crippen molar-refractivity contribution in [2.24, 2.45) is 5.92 Å². The Bertz CT molecular complexity index is 1170. The van der Waals surface area contributed by atoms with Crippen LogP contribution in [-0.2, 0) is 4.79 Å². The highest BCUT2D eigenvalue weighted by molar-refractivity contribution is 7.12. The molecule has 1 N–H and O–H groups in total. The number of fused-ring (bicyclic) bond motifs is 1. The number of nitrogens with zero attached hydrogens (tertiary/aromatic N) is 3. The smallest absolute Gasteiger partial charge is 0.326 e. The zero-order valence-electron chi connectivity index (χ0n) is 16.4. The van der Waals surface area contributed by atoms with Crippen molar-refractivity contribution in [2.45, 2.75) is 37.9 Å². The normalized spacial score (nSPS) is 19.2. The molecule has 0 bridgehead atoms. The summed E-state index contributed by atoms with van der Waals surface area (Å²) >= 11 is 1.14. The predicted molar refractivity (Wildman–Crippen MR) is 110 cm³/mol. The molecule has 3 aromatic heterocycles. The molecule has 1 aliphatic heterocycles. The lowest BCUT2D eigenvalue weighted by Gasteiger charge is -2.26. The van der Waals surface area contributed by atoms with Crippen molar-refractivity contribution in [1.82, 2.24) is 14.3 Å². The van der Waals surface area contributed by atoms with Gasteiger partial charge in [-0.25, -0.2) is 4.98 Å². The van der Waals surface area contributed by atoms with Gasteiger partial charge in [-0.2, -0.15) is 13.2 Å². The number of halogens is 3. The van der Waals surface area contributed by atoms with E-state index in [1.54, 1.807) is 28.1 Å². The van der Waals surface area contributed by atoms with Gasteiger partial charge in [0.25, 0.3) is 5.91 Å². The quantitative estimate of drug-likeness (QED) is 0.636. The monoisotopic (exact) mass is 448 g/mol. The molecule has 0 radical (unpaired) electrons. The van der Waals surface area contributed by atoms with Crippen LogP contribution in [0.15, 0.2) is 36.0 Å². The first-order chi connectivity index (χ1) is 14.8. The van der Waals surface area contributed by atoms with E-state index in [0.29, 0.717) is 17.9 Å². The van der Waals surface area contributed by atoms with E-state index in [4.69, 9.17) is 0 Å². The zero-order chi connectivity index (χ0) is 21.8. The summed E-state index contributed by atoms with van der Waals surface area (Å²) in [6.07, 6.45) is 1.24. The second kappa shape index (κ2) is 7.37. The number of likely N-dealkylation sites (tertiary alicyclic amines) is 1. The molecule has 2 aliphatic rings. The number of anilines is 1. The van der Waals surface area contributed by atoms with Gasteiger partial charge >= 0.3 is 6.18 Å². The van der Waals surface area contributed by atoms with Crippen LogP contribution in [0.5, 0.6) is 0 Å². The highest BCUT2D eigenvalue weighted by Crippen LogP contribution is 2.35. The van der Waals surface area contributed by atoms with Crippen LogP contribution < -0.4 is 5.32 Å².